The third-order valence-electron chi connectivity index (χ3n) is 1.88. The highest BCUT2D eigenvalue weighted by Gasteiger charge is 2.16. The summed E-state index contributed by atoms with van der Waals surface area (Å²) in [5.74, 6) is 0.727. The Morgan fingerprint density at radius 3 is 1.82 bits per heavy atom. The predicted molar refractivity (Wildman–Crippen MR) is 49.2 cm³/mol. The Bertz CT molecular complexity index is 80.2. The molecular formula is C8H19AlO2. The molecule has 0 atom stereocenters. The molecule has 0 rings (SSSR count). The topological polar surface area (TPSA) is 40.5 Å². The van der Waals surface area contributed by atoms with E-state index in [2.05, 4.69) is 13.8 Å². The quantitative estimate of drug-likeness (QED) is 0.592. The molecule has 0 spiro atoms. The van der Waals surface area contributed by atoms with Gasteiger partial charge < -0.3 is 10.2 Å². The molecule has 0 aliphatic heterocycles. The molecule has 0 fully saturated rings. The van der Waals surface area contributed by atoms with E-state index in [1.165, 1.54) is 5.28 Å². The molecule has 0 saturated heterocycles. The molecule has 11 heavy (non-hydrogen) atoms. The molecule has 0 radical (unpaired) electrons. The largest absolute Gasteiger partial charge is 0.398 e. The molecule has 0 bridgehead atoms. The molecule has 0 saturated carbocycles. The molecule has 3 heteroatoms. The fourth-order valence-corrected chi connectivity index (χ4v) is 4.24. The van der Waals surface area contributed by atoms with Crippen LogP contribution in [0.5, 0.6) is 0 Å². The fourth-order valence-electron chi connectivity index (χ4n) is 1.41. The van der Waals surface area contributed by atoms with Crippen molar-refractivity contribution in [3.63, 3.8) is 0 Å². The second-order valence-electron chi connectivity index (χ2n) is 3.52. The number of aliphatic hydroxyl groups is 2. The van der Waals surface area contributed by atoms with Gasteiger partial charge in [0.1, 0.15) is 0 Å². The Hall–Kier alpha value is 0.452. The third kappa shape index (κ3) is 6.84. The van der Waals surface area contributed by atoms with Crippen LogP contribution in [-0.4, -0.2) is 37.6 Å². The first-order valence-electron chi connectivity index (χ1n) is 4.42. The zero-order valence-electron chi connectivity index (χ0n) is 7.58. The molecule has 2 N–H and O–H groups in total. The number of hydrogen-bond acceptors (Lipinski definition) is 2. The summed E-state index contributed by atoms with van der Waals surface area (Å²) in [6.45, 7) is 5.02. The summed E-state index contributed by atoms with van der Waals surface area (Å²) in [6, 6.07) is 0. The zero-order chi connectivity index (χ0) is 8.69. The molecule has 0 amide bonds. The molecule has 0 heterocycles. The van der Waals surface area contributed by atoms with Crippen LogP contribution < -0.4 is 0 Å². The van der Waals surface area contributed by atoms with Gasteiger partial charge in [-0.1, -0.05) is 35.6 Å². The summed E-state index contributed by atoms with van der Waals surface area (Å²) >= 11 is -0.792. The maximum Gasteiger partial charge on any atom is 0.268 e. The van der Waals surface area contributed by atoms with E-state index in [1.54, 1.807) is 0 Å². The summed E-state index contributed by atoms with van der Waals surface area (Å²) in [5.41, 5.74) is 0. The van der Waals surface area contributed by atoms with Crippen LogP contribution in [0.15, 0.2) is 0 Å². The van der Waals surface area contributed by atoms with Gasteiger partial charge in [0.2, 0.25) is 0 Å². The van der Waals surface area contributed by atoms with E-state index in [0.29, 0.717) is 13.2 Å². The summed E-state index contributed by atoms with van der Waals surface area (Å²) in [6.07, 6.45) is 0. The van der Waals surface area contributed by atoms with Crippen LogP contribution in [0.4, 0.5) is 0 Å². The molecule has 0 aromatic carbocycles. The number of hydrogen-bond donors (Lipinski definition) is 2. The highest BCUT2D eigenvalue weighted by Crippen LogP contribution is 2.11. The lowest BCUT2D eigenvalue weighted by Crippen LogP contribution is -2.17. The smallest absolute Gasteiger partial charge is 0.268 e. The summed E-state index contributed by atoms with van der Waals surface area (Å²) in [7, 11) is 0. The standard InChI is InChI=1S/C4H9.2C2H5O.Al/c1-4(2)3;2*1-2-3;/h4H,1H2,2-3H3;2*3H,1-2H2;. The van der Waals surface area contributed by atoms with Crippen molar-refractivity contribution in [3.05, 3.63) is 0 Å². The Kier molecular flexibility index (Phi) is 7.41. The van der Waals surface area contributed by atoms with E-state index < -0.39 is 14.1 Å². The second kappa shape index (κ2) is 7.12. The van der Waals surface area contributed by atoms with E-state index >= 15 is 0 Å². The van der Waals surface area contributed by atoms with Gasteiger partial charge in [-0.05, 0) is 0 Å². The Labute approximate surface area is 73.6 Å². The van der Waals surface area contributed by atoms with Crippen molar-refractivity contribution in [1.29, 1.82) is 0 Å². The Morgan fingerprint density at radius 1 is 1.09 bits per heavy atom. The van der Waals surface area contributed by atoms with Gasteiger partial charge in [-0.3, -0.25) is 0 Å². The minimum atomic E-state index is -0.792. The minimum absolute atomic E-state index is 0.309. The number of rotatable bonds is 6. The first kappa shape index (κ1) is 11.5. The summed E-state index contributed by atoms with van der Waals surface area (Å²) in [5, 5.41) is 20.7. The minimum Gasteiger partial charge on any atom is -0.398 e. The van der Waals surface area contributed by atoms with E-state index in [9.17, 15) is 0 Å². The van der Waals surface area contributed by atoms with Crippen molar-refractivity contribution in [3.8, 4) is 0 Å². The van der Waals surface area contributed by atoms with Gasteiger partial charge >= 0.3 is 0 Å². The molecule has 0 aromatic heterocycles. The lowest BCUT2D eigenvalue weighted by Gasteiger charge is -2.10. The first-order valence-corrected chi connectivity index (χ1v) is 6.87. The molecular weight excluding hydrogens is 155 g/mol. The van der Waals surface area contributed by atoms with Crippen LogP contribution in [0.2, 0.25) is 15.8 Å². The predicted octanol–water partition coefficient (Wildman–Crippen LogP) is 1.12. The molecule has 66 valence electrons. The first-order chi connectivity index (χ1) is 5.20. The van der Waals surface area contributed by atoms with Gasteiger partial charge in [0.25, 0.3) is 14.1 Å². The maximum atomic E-state index is 8.73. The van der Waals surface area contributed by atoms with Gasteiger partial charge in [0.15, 0.2) is 0 Å². The molecule has 0 aliphatic carbocycles. The Morgan fingerprint density at radius 2 is 1.55 bits per heavy atom. The SMILES string of the molecule is CC(C)[CH2][Al]([CH2]CO)[CH2]CO. The fraction of sp³-hybridized carbons (Fsp3) is 1.00. The molecule has 2 nitrogen and oxygen atoms in total. The van der Waals surface area contributed by atoms with Gasteiger partial charge in [0.05, 0.1) is 0 Å². The maximum absolute atomic E-state index is 8.73. The van der Waals surface area contributed by atoms with Crippen LogP contribution >= 0.6 is 0 Å². The van der Waals surface area contributed by atoms with Crippen molar-refractivity contribution in [2.24, 2.45) is 5.92 Å². The molecule has 0 aromatic rings. The Balaban J connectivity index is 3.50. The number of aliphatic hydroxyl groups excluding tert-OH is 2. The third-order valence-corrected chi connectivity index (χ3v) is 5.64. The highest BCUT2D eigenvalue weighted by atomic mass is 27.2. The van der Waals surface area contributed by atoms with Crippen molar-refractivity contribution in [2.45, 2.75) is 29.7 Å². The van der Waals surface area contributed by atoms with Crippen LogP contribution in [0.1, 0.15) is 13.8 Å². The van der Waals surface area contributed by atoms with Crippen LogP contribution in [0.25, 0.3) is 0 Å². The van der Waals surface area contributed by atoms with Gasteiger partial charge in [-0.15, -0.1) is 0 Å². The van der Waals surface area contributed by atoms with Crippen molar-refractivity contribution < 1.29 is 10.2 Å². The summed E-state index contributed by atoms with van der Waals surface area (Å²) < 4.78 is 0. The zero-order valence-corrected chi connectivity index (χ0v) is 8.74. The lowest BCUT2D eigenvalue weighted by molar-refractivity contribution is 0.308. The average Bonchev–Trinajstić information content (AvgIpc) is 1.87. The lowest BCUT2D eigenvalue weighted by atomic mass is 10.3. The average molecular weight is 174 g/mol. The van der Waals surface area contributed by atoms with E-state index in [4.69, 9.17) is 10.2 Å². The van der Waals surface area contributed by atoms with Gasteiger partial charge in [0, 0.05) is 13.2 Å². The highest BCUT2D eigenvalue weighted by molar-refractivity contribution is 6.58. The van der Waals surface area contributed by atoms with E-state index in [-0.39, 0.29) is 0 Å². The molecule has 0 aliphatic rings. The van der Waals surface area contributed by atoms with Gasteiger partial charge in [-0.25, -0.2) is 0 Å². The molecule has 0 unspecified atom stereocenters. The van der Waals surface area contributed by atoms with E-state index in [0.717, 1.165) is 16.5 Å². The monoisotopic (exact) mass is 174 g/mol. The van der Waals surface area contributed by atoms with Crippen molar-refractivity contribution in [1.82, 2.24) is 0 Å². The van der Waals surface area contributed by atoms with E-state index in [1.807, 2.05) is 0 Å². The second-order valence-corrected chi connectivity index (χ2v) is 6.88. The van der Waals surface area contributed by atoms with Gasteiger partial charge in [-0.2, -0.15) is 0 Å². The van der Waals surface area contributed by atoms with Crippen molar-refractivity contribution in [2.75, 3.05) is 13.2 Å². The normalized spacial score (nSPS) is 10.6. The summed E-state index contributed by atoms with van der Waals surface area (Å²) in [4.78, 5) is 0. The van der Waals surface area contributed by atoms with Crippen LogP contribution in [-0.2, 0) is 0 Å². The van der Waals surface area contributed by atoms with Crippen LogP contribution in [0.3, 0.4) is 0 Å². The van der Waals surface area contributed by atoms with Crippen LogP contribution in [0, 0.1) is 5.92 Å². The van der Waals surface area contributed by atoms with Crippen molar-refractivity contribution >= 4 is 14.1 Å².